The van der Waals surface area contributed by atoms with Crippen molar-refractivity contribution in [2.45, 2.75) is 4.90 Å². The first kappa shape index (κ1) is 16.6. The summed E-state index contributed by atoms with van der Waals surface area (Å²) >= 11 is 5.90. The van der Waals surface area contributed by atoms with E-state index < -0.39 is 15.8 Å². The van der Waals surface area contributed by atoms with Crippen LogP contribution in [0, 0.1) is 5.82 Å². The Morgan fingerprint density at radius 2 is 1.71 bits per heavy atom. The van der Waals surface area contributed by atoms with Crippen LogP contribution in [0.25, 0.3) is 22.4 Å². The maximum atomic E-state index is 13.9. The number of sulfonamides is 1. The largest absolute Gasteiger partial charge is 0.256 e. The average Bonchev–Trinajstić information content (AvgIpc) is 2.54. The first-order chi connectivity index (χ1) is 11.3. The third-order valence-electron chi connectivity index (χ3n) is 3.44. The van der Waals surface area contributed by atoms with Crippen molar-refractivity contribution in [3.8, 4) is 22.4 Å². The van der Waals surface area contributed by atoms with Crippen molar-refractivity contribution in [3.63, 3.8) is 0 Å². The maximum Gasteiger partial charge on any atom is 0.238 e. The molecule has 0 radical (unpaired) electrons. The average molecular weight is 363 g/mol. The van der Waals surface area contributed by atoms with Gasteiger partial charge in [-0.15, -0.1) is 0 Å². The molecule has 0 saturated heterocycles. The van der Waals surface area contributed by atoms with E-state index in [1.807, 2.05) is 18.2 Å². The van der Waals surface area contributed by atoms with Crippen LogP contribution in [-0.2, 0) is 10.0 Å². The molecule has 0 aliphatic heterocycles. The van der Waals surface area contributed by atoms with E-state index in [-0.39, 0.29) is 4.90 Å². The summed E-state index contributed by atoms with van der Waals surface area (Å²) in [5, 5.41) is 5.70. The summed E-state index contributed by atoms with van der Waals surface area (Å²) in [5.74, 6) is -0.704. The molecule has 0 unspecified atom stereocenters. The molecule has 7 heteroatoms. The smallest absolute Gasteiger partial charge is 0.238 e. The van der Waals surface area contributed by atoms with Gasteiger partial charge in [0.15, 0.2) is 0 Å². The second-order valence-corrected chi connectivity index (χ2v) is 7.12. The van der Waals surface area contributed by atoms with E-state index in [0.717, 1.165) is 17.2 Å². The van der Waals surface area contributed by atoms with Crippen molar-refractivity contribution in [1.29, 1.82) is 0 Å². The highest BCUT2D eigenvalue weighted by Gasteiger charge is 2.15. The highest BCUT2D eigenvalue weighted by molar-refractivity contribution is 7.89. The lowest BCUT2D eigenvalue weighted by atomic mass is 9.99. The molecule has 0 spiro atoms. The van der Waals surface area contributed by atoms with Gasteiger partial charge in [-0.25, -0.2) is 17.9 Å². The highest BCUT2D eigenvalue weighted by atomic mass is 35.5. The van der Waals surface area contributed by atoms with Gasteiger partial charge in [-0.3, -0.25) is 4.98 Å². The van der Waals surface area contributed by atoms with E-state index in [4.69, 9.17) is 16.7 Å². The van der Waals surface area contributed by atoms with E-state index in [0.29, 0.717) is 16.3 Å². The van der Waals surface area contributed by atoms with Gasteiger partial charge in [-0.05, 0) is 42.0 Å². The number of rotatable bonds is 3. The van der Waals surface area contributed by atoms with E-state index >= 15 is 0 Å². The number of hydrogen-bond donors (Lipinski definition) is 1. The zero-order valence-electron chi connectivity index (χ0n) is 12.3. The quantitative estimate of drug-likeness (QED) is 0.769. The van der Waals surface area contributed by atoms with Crippen molar-refractivity contribution in [2.24, 2.45) is 5.14 Å². The van der Waals surface area contributed by atoms with Gasteiger partial charge in [0, 0.05) is 22.3 Å². The Bertz CT molecular complexity index is 1010. The minimum atomic E-state index is -4.02. The fourth-order valence-electron chi connectivity index (χ4n) is 2.36. The Labute approximate surface area is 143 Å². The molecule has 1 heterocycles. The Balaban J connectivity index is 2.21. The molecule has 0 amide bonds. The van der Waals surface area contributed by atoms with Crippen molar-refractivity contribution in [1.82, 2.24) is 4.98 Å². The molecule has 0 aliphatic carbocycles. The summed E-state index contributed by atoms with van der Waals surface area (Å²) < 4.78 is 36.9. The second kappa shape index (κ2) is 6.32. The maximum absolute atomic E-state index is 13.9. The predicted octanol–water partition coefficient (Wildman–Crippen LogP) is 3.86. The first-order valence-corrected chi connectivity index (χ1v) is 8.82. The van der Waals surface area contributed by atoms with Gasteiger partial charge in [-0.1, -0.05) is 29.8 Å². The fraction of sp³-hybridized carbons (Fsp3) is 0. The van der Waals surface area contributed by atoms with Gasteiger partial charge in [0.1, 0.15) is 5.82 Å². The lowest BCUT2D eigenvalue weighted by molar-refractivity contribution is 0.592. The summed E-state index contributed by atoms with van der Waals surface area (Å²) in [6.07, 6.45) is 1.55. The standard InChI is InChI=1S/C17H12ClFN2O2S/c18-13-5-3-11(4-6-13)16-2-1-7-21-17(16)12-8-14(19)10-15(9-12)24(20,22)23/h1-10H,(H2,20,22,23). The number of benzene rings is 2. The molecule has 4 nitrogen and oxygen atoms in total. The van der Waals surface area contributed by atoms with E-state index in [9.17, 15) is 12.8 Å². The zero-order valence-corrected chi connectivity index (χ0v) is 13.9. The molecule has 2 N–H and O–H groups in total. The number of pyridine rings is 1. The van der Waals surface area contributed by atoms with Crippen molar-refractivity contribution in [3.05, 3.63) is 71.6 Å². The van der Waals surface area contributed by atoms with Gasteiger partial charge in [0.25, 0.3) is 0 Å². The van der Waals surface area contributed by atoms with Crippen molar-refractivity contribution in [2.75, 3.05) is 0 Å². The van der Waals surface area contributed by atoms with Gasteiger partial charge in [-0.2, -0.15) is 0 Å². The summed E-state index contributed by atoms with van der Waals surface area (Å²) in [7, 11) is -4.02. The third kappa shape index (κ3) is 3.46. The molecule has 122 valence electrons. The SMILES string of the molecule is NS(=O)(=O)c1cc(F)cc(-c2ncccc2-c2ccc(Cl)cc2)c1. The van der Waals surface area contributed by atoms with Crippen molar-refractivity contribution >= 4 is 21.6 Å². The van der Waals surface area contributed by atoms with Gasteiger partial charge in [0.05, 0.1) is 10.6 Å². The number of aromatic nitrogens is 1. The number of halogens is 2. The lowest BCUT2D eigenvalue weighted by Gasteiger charge is -2.10. The number of nitrogens with zero attached hydrogens (tertiary/aromatic N) is 1. The van der Waals surface area contributed by atoms with Crippen LogP contribution in [-0.4, -0.2) is 13.4 Å². The summed E-state index contributed by atoms with van der Waals surface area (Å²) in [6.45, 7) is 0. The zero-order chi connectivity index (χ0) is 17.3. The molecule has 24 heavy (non-hydrogen) atoms. The molecule has 0 aliphatic rings. The van der Waals surface area contributed by atoms with Crippen molar-refractivity contribution < 1.29 is 12.8 Å². The van der Waals surface area contributed by atoms with Gasteiger partial charge in [0.2, 0.25) is 10.0 Å². The normalized spacial score (nSPS) is 11.5. The second-order valence-electron chi connectivity index (χ2n) is 5.13. The fourth-order valence-corrected chi connectivity index (χ4v) is 3.06. The Morgan fingerprint density at radius 3 is 2.38 bits per heavy atom. The topological polar surface area (TPSA) is 73.1 Å². The molecule has 0 atom stereocenters. The van der Waals surface area contributed by atoms with Crippen LogP contribution in [0.5, 0.6) is 0 Å². The molecular formula is C17H12ClFN2O2S. The Hall–Kier alpha value is -2.28. The van der Waals surface area contributed by atoms with Crippen LogP contribution in [0.1, 0.15) is 0 Å². The minimum Gasteiger partial charge on any atom is -0.256 e. The lowest BCUT2D eigenvalue weighted by Crippen LogP contribution is -2.12. The van der Waals surface area contributed by atoms with Gasteiger partial charge >= 0.3 is 0 Å². The molecule has 0 bridgehead atoms. The van der Waals surface area contributed by atoms with Crippen LogP contribution >= 0.6 is 11.6 Å². The predicted molar refractivity (Wildman–Crippen MR) is 91.5 cm³/mol. The number of primary sulfonamides is 1. The van der Waals surface area contributed by atoms with Crippen LogP contribution in [0.4, 0.5) is 4.39 Å². The summed E-state index contributed by atoms with van der Waals surface area (Å²) in [4.78, 5) is 3.98. The highest BCUT2D eigenvalue weighted by Crippen LogP contribution is 2.32. The molecule has 0 saturated carbocycles. The number of hydrogen-bond acceptors (Lipinski definition) is 3. The molecule has 0 fully saturated rings. The van der Waals surface area contributed by atoms with Crippen LogP contribution in [0.15, 0.2) is 65.7 Å². The first-order valence-electron chi connectivity index (χ1n) is 6.89. The number of nitrogens with two attached hydrogens (primary N) is 1. The Kier molecular flexibility index (Phi) is 4.36. The summed E-state index contributed by atoms with van der Waals surface area (Å²) in [6, 6.07) is 14.0. The Morgan fingerprint density at radius 1 is 1.00 bits per heavy atom. The van der Waals surface area contributed by atoms with E-state index in [2.05, 4.69) is 4.98 Å². The third-order valence-corrected chi connectivity index (χ3v) is 4.58. The van der Waals surface area contributed by atoms with E-state index in [1.54, 1.807) is 24.4 Å². The van der Waals surface area contributed by atoms with E-state index in [1.165, 1.54) is 12.1 Å². The molecule has 3 rings (SSSR count). The molecule has 3 aromatic rings. The summed E-state index contributed by atoms with van der Waals surface area (Å²) in [5.41, 5.74) is 2.32. The van der Waals surface area contributed by atoms with Gasteiger partial charge < -0.3 is 0 Å². The molecular weight excluding hydrogens is 351 g/mol. The van der Waals surface area contributed by atoms with Crippen LogP contribution < -0.4 is 5.14 Å². The molecule has 2 aromatic carbocycles. The monoisotopic (exact) mass is 362 g/mol. The minimum absolute atomic E-state index is 0.301. The van der Waals surface area contributed by atoms with Crippen LogP contribution in [0.2, 0.25) is 5.02 Å². The van der Waals surface area contributed by atoms with Crippen LogP contribution in [0.3, 0.4) is 0 Å². The molecule has 1 aromatic heterocycles.